The van der Waals surface area contributed by atoms with Gasteiger partial charge < -0.3 is 42.3 Å². The highest BCUT2D eigenvalue weighted by atomic mass is 32.2. The molecule has 1 fully saturated rings. The number of likely N-dealkylation sites (tertiary alicyclic amines) is 1. The quantitative estimate of drug-likeness (QED) is 0.0678. The Hall–Kier alpha value is -5.74. The Bertz CT molecular complexity index is 2040. The molecule has 0 saturated carbocycles. The van der Waals surface area contributed by atoms with E-state index in [4.69, 9.17) is 5.73 Å². The third kappa shape index (κ3) is 11.5. The van der Waals surface area contributed by atoms with Crippen LogP contribution in [-0.4, -0.2) is 113 Å². The molecule has 0 bridgehead atoms. The number of rotatable bonds is 19. The van der Waals surface area contributed by atoms with Crippen molar-refractivity contribution in [2.75, 3.05) is 43.5 Å². The van der Waals surface area contributed by atoms with E-state index in [0.29, 0.717) is 73.3 Å². The second-order valence-corrected chi connectivity index (χ2v) is 16.1. The fourth-order valence-electron chi connectivity index (χ4n) is 7.27. The number of nitrogens with zero attached hydrogens (tertiary/aromatic N) is 1. The highest BCUT2D eigenvalue weighted by molar-refractivity contribution is 7.98. The summed E-state index contributed by atoms with van der Waals surface area (Å²) >= 11 is 1.33. The van der Waals surface area contributed by atoms with E-state index in [1.54, 1.807) is 60.9 Å². The maximum Gasteiger partial charge on any atom is 0.245 e. The number of anilines is 1. The van der Waals surface area contributed by atoms with Crippen LogP contribution in [-0.2, 0) is 30.4 Å². The Balaban J connectivity index is 1.09. The van der Waals surface area contributed by atoms with E-state index in [0.717, 1.165) is 5.56 Å². The molecule has 16 heteroatoms. The van der Waals surface area contributed by atoms with E-state index >= 15 is 0 Å². The number of benzene rings is 3. The molecule has 5 amide bonds. The summed E-state index contributed by atoms with van der Waals surface area (Å²) < 4.78 is 0. The van der Waals surface area contributed by atoms with E-state index in [1.807, 2.05) is 13.8 Å². The van der Waals surface area contributed by atoms with Crippen LogP contribution < -0.4 is 32.3 Å². The molecule has 4 atom stereocenters. The summed E-state index contributed by atoms with van der Waals surface area (Å²) in [5, 5.41) is 23.6. The Kier molecular flexibility index (Phi) is 15.6. The predicted octanol–water partition coefficient (Wildman–Crippen LogP) is 2.14. The topological polar surface area (TPSA) is 229 Å². The van der Waals surface area contributed by atoms with Crippen LogP contribution in [0.25, 0.3) is 0 Å². The first kappa shape index (κ1) is 44.4. The molecule has 59 heavy (non-hydrogen) atoms. The van der Waals surface area contributed by atoms with Crippen molar-refractivity contribution in [3.8, 4) is 5.75 Å². The molecule has 314 valence electrons. The van der Waals surface area contributed by atoms with Crippen LogP contribution in [0.4, 0.5) is 5.69 Å². The smallest absolute Gasteiger partial charge is 0.245 e. The summed E-state index contributed by atoms with van der Waals surface area (Å²) in [6.45, 7) is 4.43. The van der Waals surface area contributed by atoms with Crippen molar-refractivity contribution in [1.82, 2.24) is 26.2 Å². The van der Waals surface area contributed by atoms with E-state index < -0.39 is 48.4 Å². The molecular weight excluding hydrogens is 775 g/mol. The van der Waals surface area contributed by atoms with Gasteiger partial charge in [-0.3, -0.25) is 33.6 Å². The molecule has 1 aliphatic carbocycles. The molecule has 0 spiro atoms. The van der Waals surface area contributed by atoms with Gasteiger partial charge in [0.2, 0.25) is 29.5 Å². The molecule has 0 aromatic heterocycles. The fraction of sp³-hybridized carbons (Fsp3) is 0.419. The van der Waals surface area contributed by atoms with Crippen molar-refractivity contribution in [3.63, 3.8) is 0 Å². The van der Waals surface area contributed by atoms with E-state index in [1.165, 1.54) is 28.8 Å². The summed E-state index contributed by atoms with van der Waals surface area (Å²) in [5.41, 5.74) is 8.80. The van der Waals surface area contributed by atoms with E-state index in [-0.39, 0.29) is 47.2 Å². The molecule has 1 heterocycles. The van der Waals surface area contributed by atoms with Crippen LogP contribution in [0.15, 0.2) is 66.7 Å². The maximum atomic E-state index is 13.9. The first-order valence-corrected chi connectivity index (χ1v) is 21.2. The molecule has 15 nitrogen and oxygen atoms in total. The summed E-state index contributed by atoms with van der Waals surface area (Å²) in [6.07, 6.45) is 3.84. The molecule has 0 radical (unpaired) electrons. The number of nitrogens with two attached hydrogens (primary N) is 1. The molecule has 3 aromatic carbocycles. The van der Waals surface area contributed by atoms with Crippen molar-refractivity contribution < 1.29 is 38.7 Å². The number of carbonyl (C=O) groups excluding carboxylic acids is 7. The van der Waals surface area contributed by atoms with Gasteiger partial charge in [0.05, 0.1) is 18.2 Å². The first-order chi connectivity index (χ1) is 28.3. The van der Waals surface area contributed by atoms with E-state index in [2.05, 4.69) is 26.6 Å². The number of aromatic hydroxyl groups is 1. The molecule has 0 unspecified atom stereocenters. The van der Waals surface area contributed by atoms with Gasteiger partial charge >= 0.3 is 0 Å². The van der Waals surface area contributed by atoms with Crippen molar-refractivity contribution in [2.24, 2.45) is 11.7 Å². The molecule has 1 aliphatic heterocycles. The second-order valence-electron chi connectivity index (χ2n) is 15.2. The molecule has 1 saturated heterocycles. The van der Waals surface area contributed by atoms with Crippen LogP contribution in [0.1, 0.15) is 76.9 Å². The first-order valence-electron chi connectivity index (χ1n) is 19.8. The minimum atomic E-state index is -0.972. The lowest BCUT2D eigenvalue weighted by molar-refractivity contribution is -0.141. The zero-order valence-corrected chi connectivity index (χ0v) is 34.4. The average molecular weight is 828 g/mol. The number of phenolic OH excluding ortho intramolecular Hbond substituents is 1. The number of thioether (sulfide) groups is 1. The minimum absolute atomic E-state index is 0.0200. The minimum Gasteiger partial charge on any atom is -0.508 e. The zero-order valence-electron chi connectivity index (χ0n) is 33.5. The van der Waals surface area contributed by atoms with Crippen LogP contribution >= 0.6 is 11.8 Å². The predicted molar refractivity (Wildman–Crippen MR) is 225 cm³/mol. The number of hydrogen-bond donors (Lipinski definition) is 7. The Morgan fingerprint density at radius 1 is 0.847 bits per heavy atom. The third-order valence-electron chi connectivity index (χ3n) is 10.2. The average Bonchev–Trinajstić information content (AvgIpc) is 3.72. The maximum absolute atomic E-state index is 13.9. The summed E-state index contributed by atoms with van der Waals surface area (Å²) in [6, 6.07) is 14.6. The number of hydrogen-bond acceptors (Lipinski definition) is 11. The lowest BCUT2D eigenvalue weighted by Gasteiger charge is -2.29. The van der Waals surface area contributed by atoms with Gasteiger partial charge in [-0.1, -0.05) is 62.4 Å². The monoisotopic (exact) mass is 827 g/mol. The van der Waals surface area contributed by atoms with E-state index in [9.17, 15) is 38.7 Å². The van der Waals surface area contributed by atoms with Gasteiger partial charge in [-0.05, 0) is 68.0 Å². The van der Waals surface area contributed by atoms with Gasteiger partial charge in [0, 0.05) is 47.8 Å². The van der Waals surface area contributed by atoms with Crippen LogP contribution in [0.2, 0.25) is 0 Å². The van der Waals surface area contributed by atoms with Crippen molar-refractivity contribution in [3.05, 3.63) is 94.5 Å². The Labute approximate surface area is 348 Å². The van der Waals surface area contributed by atoms with Crippen molar-refractivity contribution in [2.45, 2.75) is 70.1 Å². The lowest BCUT2D eigenvalue weighted by atomic mass is 9.83. The van der Waals surface area contributed by atoms with Crippen LogP contribution in [0.3, 0.4) is 0 Å². The largest absolute Gasteiger partial charge is 0.508 e. The molecule has 5 rings (SSSR count). The number of fused-ring (bicyclic) bond motifs is 2. The number of nitrogens with one attached hydrogen (secondary N) is 5. The van der Waals surface area contributed by atoms with Gasteiger partial charge in [0.1, 0.15) is 23.9 Å². The Morgan fingerprint density at radius 3 is 2.24 bits per heavy atom. The number of amides is 5. The number of phenols is 1. The standard InChI is InChI=1S/C43H53N7O8S/c1-25(2)21-33(48-36(52)23-47-41(56)34(24-59-3)49-40(55)31(44)22-26-14-16-27(51)17-15-26)43(58)50-20-7-13-35(50)42(57)46-19-8-18-45-32-12-6-11-30-37(32)39(54)29-10-5-4-9-28(29)38(30)53/h4-6,9-12,14-17,25,31,33-35,45,51H,7-8,13,18-24,44H2,1-3H3,(H,46,57)(H,47,56)(H,48,52)(H,49,55)/t31-,33-,34-,35-/m0/s1. The van der Waals surface area contributed by atoms with Gasteiger partial charge in [-0.25, -0.2) is 0 Å². The highest BCUT2D eigenvalue weighted by Gasteiger charge is 2.38. The van der Waals surface area contributed by atoms with Gasteiger partial charge in [0.25, 0.3) is 0 Å². The molecular formula is C43H53N7O8S. The van der Waals surface area contributed by atoms with Crippen molar-refractivity contribution >= 4 is 58.6 Å². The molecule has 3 aromatic rings. The SMILES string of the molecule is CSC[C@H](NC(=O)[C@@H](N)Cc1ccc(O)cc1)C(=O)NCC(=O)N[C@@H](CC(C)C)C(=O)N1CCC[C@H]1C(=O)NCCCNc1cccc2c1C(=O)c1ccccc1C2=O. The summed E-state index contributed by atoms with van der Waals surface area (Å²) in [4.78, 5) is 94.2. The summed E-state index contributed by atoms with van der Waals surface area (Å²) in [7, 11) is 0. The highest BCUT2D eigenvalue weighted by Crippen LogP contribution is 2.32. The number of carbonyl (C=O) groups is 7. The molecule has 8 N–H and O–H groups in total. The van der Waals surface area contributed by atoms with Gasteiger partial charge in [-0.2, -0.15) is 11.8 Å². The normalized spacial score (nSPS) is 16.0. The molecule has 2 aliphatic rings. The van der Waals surface area contributed by atoms with Crippen LogP contribution in [0, 0.1) is 5.92 Å². The van der Waals surface area contributed by atoms with Crippen molar-refractivity contribution in [1.29, 1.82) is 0 Å². The second kappa shape index (κ2) is 20.8. The van der Waals surface area contributed by atoms with Crippen LogP contribution in [0.5, 0.6) is 5.75 Å². The Morgan fingerprint density at radius 2 is 1.54 bits per heavy atom. The van der Waals surface area contributed by atoms with Gasteiger partial charge in [0.15, 0.2) is 11.6 Å². The number of ketones is 2. The summed E-state index contributed by atoms with van der Waals surface area (Å²) in [5.74, 6) is -2.52. The van der Waals surface area contributed by atoms with Gasteiger partial charge in [-0.15, -0.1) is 0 Å². The zero-order chi connectivity index (χ0) is 42.6. The third-order valence-corrected chi connectivity index (χ3v) is 10.9. The fourth-order valence-corrected chi connectivity index (χ4v) is 7.84. The lowest BCUT2D eigenvalue weighted by Crippen LogP contribution is -2.56.